The van der Waals surface area contributed by atoms with E-state index in [1.807, 2.05) is 36.4 Å². The van der Waals surface area contributed by atoms with Crippen LogP contribution in [0.2, 0.25) is 0 Å². The van der Waals surface area contributed by atoms with Crippen LogP contribution in [-0.4, -0.2) is 40.3 Å². The van der Waals surface area contributed by atoms with Gasteiger partial charge in [0, 0.05) is 50.5 Å². The van der Waals surface area contributed by atoms with Crippen molar-refractivity contribution in [2.75, 3.05) is 24.2 Å². The van der Waals surface area contributed by atoms with E-state index < -0.39 is 0 Å². The van der Waals surface area contributed by atoms with Crippen LogP contribution >= 0.6 is 0 Å². The molecule has 0 spiro atoms. The molecule has 0 bridgehead atoms. The zero-order valence-electron chi connectivity index (χ0n) is 16.4. The molecular weight excluding hydrogens is 366 g/mol. The molecule has 0 atom stereocenters. The average Bonchev–Trinajstić information content (AvgIpc) is 2.72. The van der Waals surface area contributed by atoms with Crippen LogP contribution in [0.3, 0.4) is 0 Å². The monoisotopic (exact) mass is 389 g/mol. The van der Waals surface area contributed by atoms with Gasteiger partial charge in [0.15, 0.2) is 0 Å². The Balaban J connectivity index is 1.65. The Kier molecular flexibility index (Phi) is 6.52. The summed E-state index contributed by atoms with van der Waals surface area (Å²) >= 11 is 0. The minimum Gasteiger partial charge on any atom is -0.354 e. The highest BCUT2D eigenvalue weighted by molar-refractivity contribution is 5.95. The number of hydrogen-bond acceptors (Lipinski definition) is 5. The Morgan fingerprint density at radius 1 is 0.966 bits per heavy atom. The van der Waals surface area contributed by atoms with E-state index >= 15 is 0 Å². The molecule has 2 aromatic heterocycles. The average molecular weight is 389 g/mol. The van der Waals surface area contributed by atoms with Gasteiger partial charge in [0.25, 0.3) is 5.91 Å². The molecule has 29 heavy (non-hydrogen) atoms. The van der Waals surface area contributed by atoms with Gasteiger partial charge in [-0.1, -0.05) is 6.07 Å². The Labute approximate surface area is 169 Å². The molecule has 148 valence electrons. The third-order valence-corrected chi connectivity index (χ3v) is 4.29. The number of carbonyl (C=O) groups is 2. The molecular formula is C22H23N5O2. The Morgan fingerprint density at radius 3 is 2.48 bits per heavy atom. The number of rotatable bonds is 7. The summed E-state index contributed by atoms with van der Waals surface area (Å²) in [5, 5.41) is 5.96. The number of nitrogens with one attached hydrogen (secondary N) is 2. The van der Waals surface area contributed by atoms with Crippen LogP contribution in [0.4, 0.5) is 17.1 Å². The van der Waals surface area contributed by atoms with Crippen molar-refractivity contribution in [2.24, 2.45) is 0 Å². The second-order valence-corrected chi connectivity index (χ2v) is 6.68. The van der Waals surface area contributed by atoms with E-state index in [-0.39, 0.29) is 11.8 Å². The molecule has 0 aliphatic rings. The fourth-order valence-electron chi connectivity index (χ4n) is 2.84. The molecule has 0 unspecified atom stereocenters. The van der Waals surface area contributed by atoms with Gasteiger partial charge in [-0.2, -0.15) is 0 Å². The van der Waals surface area contributed by atoms with Crippen LogP contribution < -0.4 is 10.6 Å². The van der Waals surface area contributed by atoms with Gasteiger partial charge in [-0.25, -0.2) is 0 Å². The molecule has 0 saturated carbocycles. The summed E-state index contributed by atoms with van der Waals surface area (Å²) in [5.74, 6) is -0.228. The number of nitrogens with zero attached hydrogens (tertiary/aromatic N) is 3. The largest absolute Gasteiger partial charge is 0.354 e. The number of anilines is 3. The predicted molar refractivity (Wildman–Crippen MR) is 113 cm³/mol. The van der Waals surface area contributed by atoms with Gasteiger partial charge in [0.2, 0.25) is 5.91 Å². The topological polar surface area (TPSA) is 87.2 Å². The van der Waals surface area contributed by atoms with E-state index in [9.17, 15) is 9.59 Å². The van der Waals surface area contributed by atoms with Gasteiger partial charge < -0.3 is 15.5 Å². The molecule has 0 aliphatic heterocycles. The van der Waals surface area contributed by atoms with Crippen LogP contribution in [0.5, 0.6) is 0 Å². The standard InChI is InChI=1S/C22H23N5O2/c1-16(28)25-19-4-3-5-20(13-19)26-21-12-18(14-24-15-21)22(29)27(2)11-8-17-6-9-23-10-7-17/h3-7,9-10,12-15,26H,8,11H2,1-2H3,(H,25,28). The van der Waals surface area contributed by atoms with E-state index in [4.69, 9.17) is 0 Å². The quantitative estimate of drug-likeness (QED) is 0.646. The Hall–Kier alpha value is -3.74. The van der Waals surface area contributed by atoms with Crippen molar-refractivity contribution in [2.45, 2.75) is 13.3 Å². The summed E-state index contributed by atoms with van der Waals surface area (Å²) in [6, 6.07) is 13.0. The first-order valence-corrected chi connectivity index (χ1v) is 9.25. The minimum absolute atomic E-state index is 0.0952. The fraction of sp³-hybridized carbons (Fsp3) is 0.182. The maximum atomic E-state index is 12.7. The SMILES string of the molecule is CC(=O)Nc1cccc(Nc2cncc(C(=O)N(C)CCc3ccncc3)c2)c1. The number of amides is 2. The molecule has 2 amide bonds. The van der Waals surface area contributed by atoms with E-state index in [1.165, 1.54) is 6.92 Å². The highest BCUT2D eigenvalue weighted by Crippen LogP contribution is 2.20. The van der Waals surface area contributed by atoms with Crippen LogP contribution in [0.1, 0.15) is 22.8 Å². The van der Waals surface area contributed by atoms with Crippen molar-refractivity contribution in [1.82, 2.24) is 14.9 Å². The zero-order valence-corrected chi connectivity index (χ0v) is 16.4. The summed E-state index contributed by atoms with van der Waals surface area (Å²) < 4.78 is 0. The van der Waals surface area contributed by atoms with E-state index in [2.05, 4.69) is 20.6 Å². The lowest BCUT2D eigenvalue weighted by Gasteiger charge is -2.17. The highest BCUT2D eigenvalue weighted by Gasteiger charge is 2.13. The molecule has 3 aromatic rings. The van der Waals surface area contributed by atoms with Crippen molar-refractivity contribution in [3.63, 3.8) is 0 Å². The summed E-state index contributed by atoms with van der Waals surface area (Å²) in [4.78, 5) is 33.8. The summed E-state index contributed by atoms with van der Waals surface area (Å²) in [5.41, 5.74) is 3.81. The predicted octanol–water partition coefficient (Wildman–Crippen LogP) is 3.49. The van der Waals surface area contributed by atoms with Crippen molar-refractivity contribution in [3.05, 3.63) is 78.4 Å². The van der Waals surface area contributed by atoms with Gasteiger partial charge >= 0.3 is 0 Å². The fourth-order valence-corrected chi connectivity index (χ4v) is 2.84. The smallest absolute Gasteiger partial charge is 0.255 e. The third kappa shape index (κ3) is 5.87. The Bertz CT molecular complexity index is 991. The van der Waals surface area contributed by atoms with E-state index in [1.54, 1.807) is 42.8 Å². The van der Waals surface area contributed by atoms with Crippen LogP contribution in [-0.2, 0) is 11.2 Å². The molecule has 2 heterocycles. The van der Waals surface area contributed by atoms with Crippen molar-refractivity contribution >= 4 is 28.9 Å². The Morgan fingerprint density at radius 2 is 1.72 bits per heavy atom. The number of benzene rings is 1. The molecule has 7 heteroatoms. The number of likely N-dealkylation sites (N-methyl/N-ethyl adjacent to an activating group) is 1. The number of carbonyl (C=O) groups excluding carboxylic acids is 2. The van der Waals surface area contributed by atoms with Crippen LogP contribution in [0.25, 0.3) is 0 Å². The third-order valence-electron chi connectivity index (χ3n) is 4.29. The molecule has 2 N–H and O–H groups in total. The van der Waals surface area contributed by atoms with E-state index in [0.717, 1.165) is 17.7 Å². The van der Waals surface area contributed by atoms with Gasteiger partial charge in [0.1, 0.15) is 0 Å². The van der Waals surface area contributed by atoms with Gasteiger partial charge in [0.05, 0.1) is 17.4 Å². The second kappa shape index (κ2) is 9.45. The highest BCUT2D eigenvalue weighted by atomic mass is 16.2. The molecule has 7 nitrogen and oxygen atoms in total. The van der Waals surface area contributed by atoms with Crippen molar-refractivity contribution in [1.29, 1.82) is 0 Å². The lowest BCUT2D eigenvalue weighted by molar-refractivity contribution is -0.114. The zero-order chi connectivity index (χ0) is 20.6. The normalized spacial score (nSPS) is 10.3. The molecule has 0 aliphatic carbocycles. The lowest BCUT2D eigenvalue weighted by Crippen LogP contribution is -2.29. The van der Waals surface area contributed by atoms with Gasteiger partial charge in [-0.3, -0.25) is 19.6 Å². The maximum absolute atomic E-state index is 12.7. The van der Waals surface area contributed by atoms with Gasteiger partial charge in [-0.15, -0.1) is 0 Å². The lowest BCUT2D eigenvalue weighted by atomic mass is 10.2. The molecule has 3 rings (SSSR count). The summed E-state index contributed by atoms with van der Waals surface area (Å²) in [7, 11) is 1.78. The maximum Gasteiger partial charge on any atom is 0.255 e. The molecule has 0 radical (unpaired) electrons. The first kappa shape index (κ1) is 20.0. The first-order valence-electron chi connectivity index (χ1n) is 9.25. The number of aromatic nitrogens is 2. The first-order chi connectivity index (χ1) is 14.0. The molecule has 1 aromatic carbocycles. The minimum atomic E-state index is -0.133. The van der Waals surface area contributed by atoms with Crippen molar-refractivity contribution in [3.8, 4) is 0 Å². The summed E-state index contributed by atoms with van der Waals surface area (Å²) in [6.07, 6.45) is 7.46. The number of pyridine rings is 2. The van der Waals surface area contributed by atoms with Crippen LogP contribution in [0.15, 0.2) is 67.3 Å². The second-order valence-electron chi connectivity index (χ2n) is 6.68. The van der Waals surface area contributed by atoms with E-state index in [0.29, 0.717) is 23.5 Å². The number of hydrogen-bond donors (Lipinski definition) is 2. The summed E-state index contributed by atoms with van der Waals surface area (Å²) in [6.45, 7) is 2.06. The molecule has 0 saturated heterocycles. The molecule has 0 fully saturated rings. The van der Waals surface area contributed by atoms with Gasteiger partial charge in [-0.05, 0) is 48.4 Å². The van der Waals surface area contributed by atoms with Crippen LogP contribution in [0, 0.1) is 0 Å². The van der Waals surface area contributed by atoms with Crippen molar-refractivity contribution < 1.29 is 9.59 Å².